The van der Waals surface area contributed by atoms with Crippen LogP contribution in [0.25, 0.3) is 0 Å². The Morgan fingerprint density at radius 2 is 2.00 bits per heavy atom. The number of aromatic nitrogens is 2. The summed E-state index contributed by atoms with van der Waals surface area (Å²) in [6.45, 7) is 7.53. The largest absolute Gasteiger partial charge is 0.495 e. The van der Waals surface area contributed by atoms with Gasteiger partial charge in [-0.1, -0.05) is 19.1 Å². The number of ether oxygens (including phenoxy) is 1. The Morgan fingerprint density at radius 1 is 1.11 bits per heavy atom. The van der Waals surface area contributed by atoms with E-state index >= 15 is 0 Å². The molecule has 1 aromatic carbocycles. The predicted molar refractivity (Wildman–Crippen MR) is 114 cm³/mol. The lowest BCUT2D eigenvalue weighted by molar-refractivity contribution is 0.414. The molecule has 0 amide bonds. The molecular weight excluding hydrogens is 350 g/mol. The monoisotopic (exact) mass is 381 g/mol. The summed E-state index contributed by atoms with van der Waals surface area (Å²) in [5.41, 5.74) is 1.19. The quantitative estimate of drug-likeness (QED) is 0.824. The Kier molecular flexibility index (Phi) is 5.84. The number of benzene rings is 1. The van der Waals surface area contributed by atoms with E-state index in [9.17, 15) is 0 Å². The van der Waals surface area contributed by atoms with Gasteiger partial charge in [0.05, 0.1) is 12.8 Å². The molecule has 2 fully saturated rings. The molecule has 1 N–H and O–H groups in total. The van der Waals surface area contributed by atoms with Crippen molar-refractivity contribution < 1.29 is 4.74 Å². The first-order valence-electron chi connectivity index (χ1n) is 10.4. The molecule has 1 aromatic heterocycles. The molecule has 0 bridgehead atoms. The Bertz CT molecular complexity index is 783. The fourth-order valence-corrected chi connectivity index (χ4v) is 4.37. The van der Waals surface area contributed by atoms with Gasteiger partial charge in [-0.05, 0) is 43.2 Å². The van der Waals surface area contributed by atoms with Gasteiger partial charge in [-0.2, -0.15) is 0 Å². The number of nitrogens with zero attached hydrogens (tertiary/aromatic N) is 4. The lowest BCUT2D eigenvalue weighted by Gasteiger charge is -2.31. The van der Waals surface area contributed by atoms with E-state index in [0.717, 1.165) is 56.0 Å². The lowest BCUT2D eigenvalue weighted by atomic mass is 10.0. The van der Waals surface area contributed by atoms with Crippen LogP contribution < -0.4 is 19.9 Å². The van der Waals surface area contributed by atoms with Crippen LogP contribution in [0.1, 0.15) is 26.2 Å². The van der Waals surface area contributed by atoms with Gasteiger partial charge in [0.2, 0.25) is 0 Å². The molecule has 0 saturated carbocycles. The summed E-state index contributed by atoms with van der Waals surface area (Å²) < 4.78 is 5.52. The maximum atomic E-state index is 5.52. The summed E-state index contributed by atoms with van der Waals surface area (Å²) in [6, 6.07) is 10.4. The van der Waals surface area contributed by atoms with Crippen LogP contribution in [0.2, 0.25) is 0 Å². The van der Waals surface area contributed by atoms with E-state index in [-0.39, 0.29) is 0 Å². The fourth-order valence-electron chi connectivity index (χ4n) is 4.37. The lowest BCUT2D eigenvalue weighted by Crippen LogP contribution is -2.34. The molecule has 2 aliphatic heterocycles. The summed E-state index contributed by atoms with van der Waals surface area (Å²) in [5.74, 6) is 4.26. The number of methoxy groups -OCH3 is 1. The number of hydrogen-bond acceptors (Lipinski definition) is 6. The van der Waals surface area contributed by atoms with Gasteiger partial charge in [-0.15, -0.1) is 0 Å². The molecule has 150 valence electrons. The fraction of sp³-hybridized carbons (Fsp3) is 0.545. The van der Waals surface area contributed by atoms with Gasteiger partial charge in [0.15, 0.2) is 0 Å². The third kappa shape index (κ3) is 4.32. The van der Waals surface area contributed by atoms with E-state index in [1.807, 2.05) is 12.1 Å². The summed E-state index contributed by atoms with van der Waals surface area (Å²) in [7, 11) is 1.74. The summed E-state index contributed by atoms with van der Waals surface area (Å²) in [6.07, 6.45) is 5.42. The second-order valence-corrected chi connectivity index (χ2v) is 8.11. The average molecular weight is 382 g/mol. The highest BCUT2D eigenvalue weighted by Crippen LogP contribution is 2.32. The van der Waals surface area contributed by atoms with Gasteiger partial charge < -0.3 is 19.9 Å². The van der Waals surface area contributed by atoms with Crippen LogP contribution in [0.3, 0.4) is 0 Å². The molecule has 6 heteroatoms. The number of anilines is 3. The van der Waals surface area contributed by atoms with Crippen LogP contribution in [-0.2, 0) is 0 Å². The van der Waals surface area contributed by atoms with E-state index in [2.05, 4.69) is 50.2 Å². The third-order valence-electron chi connectivity index (χ3n) is 5.92. The smallest absolute Gasteiger partial charge is 0.142 e. The minimum absolute atomic E-state index is 0.596. The van der Waals surface area contributed by atoms with Crippen LogP contribution >= 0.6 is 0 Å². The zero-order valence-electron chi connectivity index (χ0n) is 17.0. The van der Waals surface area contributed by atoms with Crippen molar-refractivity contribution in [1.29, 1.82) is 0 Å². The number of rotatable bonds is 6. The molecule has 2 saturated heterocycles. The minimum Gasteiger partial charge on any atom is -0.495 e. The summed E-state index contributed by atoms with van der Waals surface area (Å²) >= 11 is 0. The van der Waals surface area contributed by atoms with Crippen LogP contribution in [0, 0.1) is 11.8 Å². The molecule has 0 spiro atoms. The van der Waals surface area contributed by atoms with Crippen molar-refractivity contribution in [3.63, 3.8) is 0 Å². The average Bonchev–Trinajstić information content (AvgIpc) is 3.21. The number of hydrogen-bond donors (Lipinski definition) is 1. The van der Waals surface area contributed by atoms with E-state index in [4.69, 9.17) is 4.74 Å². The standard InChI is InChI=1S/C22H31N5O/c1-17-6-5-10-27(14-17)22-12-21(24-16-25-22)23-13-18-9-11-26(15-18)19-7-3-4-8-20(19)28-2/h3-4,7-8,12,16-18H,5-6,9-11,13-15H2,1-2H3,(H,23,24,25). The normalized spacial score (nSPS) is 22.4. The Hall–Kier alpha value is -2.50. The van der Waals surface area contributed by atoms with Gasteiger partial charge >= 0.3 is 0 Å². The maximum absolute atomic E-state index is 5.52. The molecule has 6 nitrogen and oxygen atoms in total. The zero-order valence-corrected chi connectivity index (χ0v) is 17.0. The van der Waals surface area contributed by atoms with Crippen LogP contribution in [0.5, 0.6) is 5.75 Å². The van der Waals surface area contributed by atoms with Crippen molar-refractivity contribution in [3.8, 4) is 5.75 Å². The van der Waals surface area contributed by atoms with E-state index in [1.54, 1.807) is 13.4 Å². The molecule has 0 radical (unpaired) electrons. The van der Waals surface area contributed by atoms with Crippen molar-refractivity contribution in [1.82, 2.24) is 9.97 Å². The predicted octanol–water partition coefficient (Wildman–Crippen LogP) is 3.66. The molecule has 2 atom stereocenters. The van der Waals surface area contributed by atoms with Gasteiger partial charge in [-0.3, -0.25) is 0 Å². The Balaban J connectivity index is 1.33. The van der Waals surface area contributed by atoms with Gasteiger partial charge in [0.1, 0.15) is 23.7 Å². The van der Waals surface area contributed by atoms with Gasteiger partial charge in [-0.25, -0.2) is 9.97 Å². The molecule has 3 heterocycles. The van der Waals surface area contributed by atoms with Crippen molar-refractivity contribution in [2.24, 2.45) is 11.8 Å². The Morgan fingerprint density at radius 3 is 2.86 bits per heavy atom. The van der Waals surface area contributed by atoms with Crippen LogP contribution in [-0.4, -0.2) is 49.8 Å². The van der Waals surface area contributed by atoms with Crippen molar-refractivity contribution in [2.45, 2.75) is 26.2 Å². The first-order valence-corrected chi connectivity index (χ1v) is 10.4. The number of nitrogens with one attached hydrogen (secondary N) is 1. The molecular formula is C22H31N5O. The second-order valence-electron chi connectivity index (χ2n) is 8.11. The van der Waals surface area contributed by atoms with Gasteiger partial charge in [0, 0.05) is 38.8 Å². The highest BCUT2D eigenvalue weighted by molar-refractivity contribution is 5.59. The molecule has 28 heavy (non-hydrogen) atoms. The molecule has 2 aromatic rings. The topological polar surface area (TPSA) is 53.5 Å². The van der Waals surface area contributed by atoms with E-state index in [1.165, 1.54) is 24.9 Å². The third-order valence-corrected chi connectivity index (χ3v) is 5.92. The van der Waals surface area contributed by atoms with Crippen LogP contribution in [0.4, 0.5) is 17.3 Å². The van der Waals surface area contributed by atoms with Gasteiger partial charge in [0.25, 0.3) is 0 Å². The van der Waals surface area contributed by atoms with Crippen molar-refractivity contribution >= 4 is 17.3 Å². The summed E-state index contributed by atoms with van der Waals surface area (Å²) in [5, 5.41) is 3.54. The first-order chi connectivity index (χ1) is 13.7. The highest BCUT2D eigenvalue weighted by Gasteiger charge is 2.24. The zero-order chi connectivity index (χ0) is 19.3. The van der Waals surface area contributed by atoms with Crippen LogP contribution in [0.15, 0.2) is 36.7 Å². The summed E-state index contributed by atoms with van der Waals surface area (Å²) in [4.78, 5) is 13.7. The molecule has 2 aliphatic rings. The minimum atomic E-state index is 0.596. The second kappa shape index (κ2) is 8.67. The van der Waals surface area contributed by atoms with Crippen molar-refractivity contribution in [3.05, 3.63) is 36.7 Å². The molecule has 2 unspecified atom stereocenters. The van der Waals surface area contributed by atoms with E-state index < -0.39 is 0 Å². The Labute approximate surface area is 167 Å². The van der Waals surface area contributed by atoms with E-state index in [0.29, 0.717) is 5.92 Å². The van der Waals surface area contributed by atoms with Crippen molar-refractivity contribution in [2.75, 3.05) is 55.0 Å². The first kappa shape index (κ1) is 18.8. The maximum Gasteiger partial charge on any atom is 0.142 e. The number of para-hydroxylation sites is 2. The highest BCUT2D eigenvalue weighted by atomic mass is 16.5. The molecule has 0 aliphatic carbocycles. The SMILES string of the molecule is COc1ccccc1N1CCC(CNc2cc(N3CCCC(C)C3)ncn2)C1. The number of piperidine rings is 1. The molecule has 4 rings (SSSR count).